The summed E-state index contributed by atoms with van der Waals surface area (Å²) in [6.07, 6.45) is 2.37. The zero-order valence-corrected chi connectivity index (χ0v) is 18.2. The number of amides is 1. The molecule has 1 fully saturated rings. The minimum absolute atomic E-state index is 0.0392. The van der Waals surface area contributed by atoms with Gasteiger partial charge in [0.2, 0.25) is 0 Å². The summed E-state index contributed by atoms with van der Waals surface area (Å²) < 4.78 is 7.02. The molecule has 0 aliphatic carbocycles. The molecule has 2 aromatic carbocycles. The first-order valence-electron chi connectivity index (χ1n) is 10.4. The Morgan fingerprint density at radius 1 is 1.15 bits per heavy atom. The van der Waals surface area contributed by atoms with Gasteiger partial charge in [-0.3, -0.25) is 19.7 Å². The van der Waals surface area contributed by atoms with Gasteiger partial charge in [-0.2, -0.15) is 0 Å². The smallest absolute Gasteiger partial charge is 0.295 e. The average Bonchev–Trinajstić information content (AvgIpc) is 3.27. The molecule has 9 heteroatoms. The van der Waals surface area contributed by atoms with Gasteiger partial charge in [0.25, 0.3) is 17.4 Å². The van der Waals surface area contributed by atoms with E-state index in [-0.39, 0.29) is 29.1 Å². The van der Waals surface area contributed by atoms with Gasteiger partial charge in [-0.25, -0.2) is 0 Å². The molecule has 1 aromatic heterocycles. The predicted molar refractivity (Wildman–Crippen MR) is 122 cm³/mol. The van der Waals surface area contributed by atoms with Crippen LogP contribution in [0.1, 0.15) is 23.6 Å². The number of carbonyl (C=O) groups excluding carboxylic acids is 2. The highest BCUT2D eigenvalue weighted by Gasteiger charge is 2.46. The molecular formula is C24H23N3O6. The summed E-state index contributed by atoms with van der Waals surface area (Å²) in [5.41, 5.74) is 1.68. The number of nitro groups is 1. The summed E-state index contributed by atoms with van der Waals surface area (Å²) in [4.78, 5) is 38.0. The number of carbonyl (C=O) groups is 2. The molecule has 1 unspecified atom stereocenters. The van der Waals surface area contributed by atoms with E-state index in [1.165, 1.54) is 29.2 Å². The number of Topliss-reactive ketones (excluding diaryl/α,β-unsaturated/α-hetero) is 1. The normalized spacial score (nSPS) is 17.8. The van der Waals surface area contributed by atoms with Crippen molar-refractivity contribution in [2.24, 2.45) is 7.05 Å². The van der Waals surface area contributed by atoms with Gasteiger partial charge in [0.05, 0.1) is 16.5 Å². The topological polar surface area (TPSA) is 115 Å². The third-order valence-electron chi connectivity index (χ3n) is 5.86. The van der Waals surface area contributed by atoms with Gasteiger partial charge in [-0.05, 0) is 24.6 Å². The van der Waals surface area contributed by atoms with Crippen LogP contribution in [0.2, 0.25) is 0 Å². The molecule has 170 valence electrons. The number of nitro benzene ring substituents is 1. The van der Waals surface area contributed by atoms with E-state index in [0.29, 0.717) is 18.6 Å². The SMILES string of the molecule is COCCCN1C(=O)C(=O)/C(=C(/O)c2ccc([N+](=O)[O-])cc2)C1c1cn(C)c2ccccc12. The van der Waals surface area contributed by atoms with Gasteiger partial charge in [0, 0.05) is 67.7 Å². The maximum Gasteiger partial charge on any atom is 0.295 e. The van der Waals surface area contributed by atoms with Crippen molar-refractivity contribution in [1.82, 2.24) is 9.47 Å². The molecule has 1 aliphatic heterocycles. The quantitative estimate of drug-likeness (QED) is 0.147. The first-order valence-corrected chi connectivity index (χ1v) is 10.4. The van der Waals surface area contributed by atoms with Crippen LogP contribution in [0.5, 0.6) is 0 Å². The first kappa shape index (κ1) is 22.2. The number of para-hydroxylation sites is 1. The summed E-state index contributed by atoms with van der Waals surface area (Å²) >= 11 is 0. The van der Waals surface area contributed by atoms with E-state index >= 15 is 0 Å². The van der Waals surface area contributed by atoms with Crippen molar-refractivity contribution in [3.63, 3.8) is 0 Å². The Morgan fingerprint density at radius 3 is 2.52 bits per heavy atom. The standard InChI is InChI=1S/C24H23N3O6/c1-25-14-18(17-6-3-4-7-19(17)25)21-20(23(29)24(30)26(21)12-5-13-33-2)22(28)15-8-10-16(11-9-15)27(31)32/h3-4,6-11,14,21,28H,5,12-13H2,1-2H3/b22-20+. The summed E-state index contributed by atoms with van der Waals surface area (Å²) in [6, 6.07) is 12.0. The number of aliphatic hydroxyl groups excluding tert-OH is 1. The van der Waals surface area contributed by atoms with Crippen molar-refractivity contribution in [3.05, 3.63) is 81.5 Å². The van der Waals surface area contributed by atoms with Crippen molar-refractivity contribution < 1.29 is 24.4 Å². The lowest BCUT2D eigenvalue weighted by molar-refractivity contribution is -0.384. The summed E-state index contributed by atoms with van der Waals surface area (Å²) in [6.45, 7) is 0.678. The predicted octanol–water partition coefficient (Wildman–Crippen LogP) is 3.54. The van der Waals surface area contributed by atoms with Crippen LogP contribution in [0, 0.1) is 10.1 Å². The Bertz CT molecular complexity index is 1280. The number of likely N-dealkylation sites (tertiary alicyclic amines) is 1. The lowest BCUT2D eigenvalue weighted by Crippen LogP contribution is -2.31. The van der Waals surface area contributed by atoms with Crippen LogP contribution >= 0.6 is 0 Å². The van der Waals surface area contributed by atoms with Crippen molar-refractivity contribution in [2.45, 2.75) is 12.5 Å². The number of non-ortho nitro benzene ring substituents is 1. The average molecular weight is 449 g/mol. The summed E-state index contributed by atoms with van der Waals surface area (Å²) in [5.74, 6) is -1.86. The van der Waals surface area contributed by atoms with Crippen molar-refractivity contribution in [1.29, 1.82) is 0 Å². The van der Waals surface area contributed by atoms with E-state index in [2.05, 4.69) is 0 Å². The van der Waals surface area contributed by atoms with Crippen LogP contribution in [0.15, 0.2) is 60.3 Å². The van der Waals surface area contributed by atoms with E-state index in [4.69, 9.17) is 4.74 Å². The van der Waals surface area contributed by atoms with E-state index in [9.17, 15) is 24.8 Å². The molecule has 0 radical (unpaired) electrons. The number of ketones is 1. The molecule has 1 atom stereocenters. The highest BCUT2D eigenvalue weighted by atomic mass is 16.6. The van der Waals surface area contributed by atoms with Gasteiger partial charge >= 0.3 is 0 Å². The molecule has 2 heterocycles. The maximum atomic E-state index is 13.1. The Hall–Kier alpha value is -3.98. The largest absolute Gasteiger partial charge is 0.507 e. The van der Waals surface area contributed by atoms with Crippen LogP contribution in [0.4, 0.5) is 5.69 Å². The number of benzene rings is 2. The molecule has 0 saturated carbocycles. The number of ether oxygens (including phenoxy) is 1. The van der Waals surface area contributed by atoms with Crippen molar-refractivity contribution >= 4 is 34.0 Å². The molecule has 0 spiro atoms. The molecule has 3 aromatic rings. The fourth-order valence-corrected chi connectivity index (χ4v) is 4.30. The molecule has 33 heavy (non-hydrogen) atoms. The Labute approximate surface area is 189 Å². The first-order chi connectivity index (χ1) is 15.8. The Balaban J connectivity index is 1.89. The number of aromatic nitrogens is 1. The summed E-state index contributed by atoms with van der Waals surface area (Å²) in [7, 11) is 3.43. The number of methoxy groups -OCH3 is 1. The minimum Gasteiger partial charge on any atom is -0.507 e. The third kappa shape index (κ3) is 3.87. The molecule has 1 aliphatic rings. The molecule has 0 bridgehead atoms. The van der Waals surface area contributed by atoms with Crippen molar-refractivity contribution in [3.8, 4) is 0 Å². The van der Waals surface area contributed by atoms with E-state index in [0.717, 1.165) is 10.9 Å². The third-order valence-corrected chi connectivity index (χ3v) is 5.86. The van der Waals surface area contributed by atoms with E-state index in [1.54, 1.807) is 7.11 Å². The molecule has 4 rings (SSSR count). The molecule has 1 N–H and O–H groups in total. The number of hydrogen-bond donors (Lipinski definition) is 1. The maximum absolute atomic E-state index is 13.1. The number of nitrogens with zero attached hydrogens (tertiary/aromatic N) is 3. The molecule has 1 saturated heterocycles. The van der Waals surface area contributed by atoms with Crippen LogP contribution in [0.25, 0.3) is 16.7 Å². The fourth-order valence-electron chi connectivity index (χ4n) is 4.30. The van der Waals surface area contributed by atoms with Gasteiger partial charge < -0.3 is 19.3 Å². The molecular weight excluding hydrogens is 426 g/mol. The monoisotopic (exact) mass is 449 g/mol. The lowest BCUT2D eigenvalue weighted by atomic mass is 9.95. The van der Waals surface area contributed by atoms with E-state index < -0.39 is 22.7 Å². The van der Waals surface area contributed by atoms with Crippen LogP contribution < -0.4 is 0 Å². The van der Waals surface area contributed by atoms with Gasteiger partial charge in [-0.1, -0.05) is 18.2 Å². The second-order valence-electron chi connectivity index (χ2n) is 7.86. The lowest BCUT2D eigenvalue weighted by Gasteiger charge is -2.24. The second kappa shape index (κ2) is 8.87. The highest BCUT2D eigenvalue weighted by molar-refractivity contribution is 6.46. The van der Waals surface area contributed by atoms with E-state index in [1.807, 2.05) is 42.1 Å². The number of aryl methyl sites for hydroxylation is 1. The Kier molecular flexibility index (Phi) is 5.97. The van der Waals surface area contributed by atoms with Gasteiger partial charge in [0.1, 0.15) is 5.76 Å². The minimum atomic E-state index is -0.803. The summed E-state index contributed by atoms with van der Waals surface area (Å²) in [5, 5.41) is 23.0. The second-order valence-corrected chi connectivity index (χ2v) is 7.86. The van der Waals surface area contributed by atoms with Gasteiger partial charge in [-0.15, -0.1) is 0 Å². The van der Waals surface area contributed by atoms with Crippen LogP contribution in [-0.4, -0.2) is 51.4 Å². The highest BCUT2D eigenvalue weighted by Crippen LogP contribution is 2.42. The zero-order valence-electron chi connectivity index (χ0n) is 18.2. The number of hydrogen-bond acceptors (Lipinski definition) is 6. The molecule has 1 amide bonds. The fraction of sp³-hybridized carbons (Fsp3) is 0.250. The number of aliphatic hydroxyl groups is 1. The Morgan fingerprint density at radius 2 is 1.85 bits per heavy atom. The van der Waals surface area contributed by atoms with Crippen LogP contribution in [-0.2, 0) is 21.4 Å². The number of fused-ring (bicyclic) bond motifs is 1. The molecule has 9 nitrogen and oxygen atoms in total. The number of rotatable bonds is 7. The zero-order chi connectivity index (χ0) is 23.7. The van der Waals surface area contributed by atoms with Crippen molar-refractivity contribution in [2.75, 3.05) is 20.3 Å². The van der Waals surface area contributed by atoms with Gasteiger partial charge in [0.15, 0.2) is 0 Å². The van der Waals surface area contributed by atoms with Crippen LogP contribution in [0.3, 0.4) is 0 Å².